The third-order valence-electron chi connectivity index (χ3n) is 8.91. The number of phenolic OH excluding ortho intramolecular Hbond substituents is 1. The summed E-state index contributed by atoms with van der Waals surface area (Å²) in [5.74, 6) is 0.259. The van der Waals surface area contributed by atoms with Crippen molar-refractivity contribution in [3.05, 3.63) is 119 Å². The van der Waals surface area contributed by atoms with E-state index in [0.717, 1.165) is 45.5 Å². The molecule has 0 spiro atoms. The Balaban J connectivity index is 1.10. The van der Waals surface area contributed by atoms with Crippen molar-refractivity contribution in [1.82, 2.24) is 31.0 Å². The van der Waals surface area contributed by atoms with E-state index >= 15 is 0 Å². The second-order valence-corrected chi connectivity index (χ2v) is 13.7. The number of nitrogens with zero attached hydrogens (tertiary/aromatic N) is 4. The number of phenols is 1. The molecule has 5 aromatic rings. The Hall–Kier alpha value is -5.12. The van der Waals surface area contributed by atoms with Crippen LogP contribution >= 0.6 is 11.8 Å². The molecule has 276 valence electrons. The van der Waals surface area contributed by atoms with Crippen LogP contribution in [0.4, 0.5) is 0 Å². The fourth-order valence-electron chi connectivity index (χ4n) is 6.00. The van der Waals surface area contributed by atoms with Crippen LogP contribution in [-0.2, 0) is 32.2 Å². The van der Waals surface area contributed by atoms with Crippen LogP contribution in [0.15, 0.2) is 102 Å². The molecule has 2 heterocycles. The van der Waals surface area contributed by atoms with Gasteiger partial charge in [-0.2, -0.15) is 4.68 Å². The van der Waals surface area contributed by atoms with Gasteiger partial charge in [-0.3, -0.25) is 14.8 Å². The van der Waals surface area contributed by atoms with Gasteiger partial charge in [0, 0.05) is 37.1 Å². The maximum atomic E-state index is 12.4. The molecule has 13 nitrogen and oxygen atoms in total. The van der Waals surface area contributed by atoms with Crippen LogP contribution in [0.2, 0.25) is 0 Å². The highest BCUT2D eigenvalue weighted by atomic mass is 32.2. The first-order chi connectivity index (χ1) is 25.9. The summed E-state index contributed by atoms with van der Waals surface area (Å²) in [4.78, 5) is 23.5. The van der Waals surface area contributed by atoms with Crippen LogP contribution < -0.4 is 10.8 Å². The highest BCUT2D eigenvalue weighted by molar-refractivity contribution is 7.99. The van der Waals surface area contributed by atoms with Gasteiger partial charge in [0.05, 0.1) is 24.5 Å². The number of aromatic hydroxyl groups is 1. The first-order valence-electron chi connectivity index (χ1n) is 17.5. The van der Waals surface area contributed by atoms with Gasteiger partial charge < -0.3 is 25.0 Å². The predicted molar refractivity (Wildman–Crippen MR) is 197 cm³/mol. The highest BCUT2D eigenvalue weighted by Crippen LogP contribution is 2.40. The number of tetrazole rings is 1. The van der Waals surface area contributed by atoms with Crippen LogP contribution in [0, 0.1) is 0 Å². The van der Waals surface area contributed by atoms with Gasteiger partial charge in [0.1, 0.15) is 5.75 Å². The van der Waals surface area contributed by atoms with Crippen molar-refractivity contribution in [2.24, 2.45) is 0 Å². The summed E-state index contributed by atoms with van der Waals surface area (Å²) < 4.78 is 14.7. The fraction of sp³-hybridized carbons (Fsp3) is 0.308. The van der Waals surface area contributed by atoms with Crippen LogP contribution in [0.5, 0.6) is 5.75 Å². The van der Waals surface area contributed by atoms with E-state index in [1.165, 1.54) is 11.8 Å². The minimum absolute atomic E-state index is 0.0348. The zero-order chi connectivity index (χ0) is 37.0. The molecule has 4 aromatic carbocycles. The van der Waals surface area contributed by atoms with Gasteiger partial charge >= 0.3 is 0 Å². The third kappa shape index (κ3) is 10.5. The van der Waals surface area contributed by atoms with E-state index in [0.29, 0.717) is 43.1 Å². The number of hydrogen-bond donors (Lipinski definition) is 5. The first kappa shape index (κ1) is 37.6. The lowest BCUT2D eigenvalue weighted by Crippen LogP contribution is -2.31. The van der Waals surface area contributed by atoms with Crippen LogP contribution in [0.3, 0.4) is 0 Å². The number of thioether (sulfide) groups is 1. The van der Waals surface area contributed by atoms with Gasteiger partial charge in [0.15, 0.2) is 6.29 Å². The number of aliphatic hydroxyl groups excluding tert-OH is 1. The zero-order valence-corrected chi connectivity index (χ0v) is 29.8. The number of aliphatic hydroxyl groups is 1. The molecular formula is C39H42N6O7S. The van der Waals surface area contributed by atoms with E-state index in [9.17, 15) is 19.8 Å². The molecule has 53 heavy (non-hydrogen) atoms. The molecular weight excluding hydrogens is 697 g/mol. The minimum atomic E-state index is -0.632. The number of rotatable bonds is 16. The molecule has 1 aliphatic rings. The monoisotopic (exact) mass is 738 g/mol. The molecule has 2 amide bonds. The van der Waals surface area contributed by atoms with E-state index in [1.807, 2.05) is 66.7 Å². The number of nitrogens with one attached hydrogen (secondary N) is 2. The summed E-state index contributed by atoms with van der Waals surface area (Å²) >= 11 is 1.48. The van der Waals surface area contributed by atoms with Crippen LogP contribution in [-0.4, -0.2) is 59.3 Å². The number of hydrogen-bond acceptors (Lipinski definition) is 11. The maximum absolute atomic E-state index is 12.4. The number of amides is 2. The van der Waals surface area contributed by atoms with Crippen LogP contribution in [0.1, 0.15) is 73.2 Å². The normalized spacial score (nSPS) is 17.0. The van der Waals surface area contributed by atoms with Gasteiger partial charge in [-0.05, 0) is 81.4 Å². The molecule has 1 aromatic heterocycles. The molecule has 1 fully saturated rings. The molecule has 6 rings (SSSR count). The Bertz CT molecular complexity index is 1940. The molecule has 0 saturated carbocycles. The van der Waals surface area contributed by atoms with E-state index in [2.05, 4.69) is 26.9 Å². The lowest BCUT2D eigenvalue weighted by Gasteiger charge is -2.36. The number of unbranched alkanes of at least 4 members (excludes halogenated alkanes) is 2. The van der Waals surface area contributed by atoms with Crippen LogP contribution in [0.25, 0.3) is 16.8 Å². The number of aromatic nitrogens is 4. The molecule has 14 heteroatoms. The van der Waals surface area contributed by atoms with Gasteiger partial charge in [-0.25, -0.2) is 5.48 Å². The number of carbonyl (C=O) groups excluding carboxylic acids is 2. The van der Waals surface area contributed by atoms with Gasteiger partial charge in [-0.15, -0.1) is 5.10 Å². The zero-order valence-electron chi connectivity index (χ0n) is 29.0. The largest absolute Gasteiger partial charge is 0.508 e. The Morgan fingerprint density at radius 3 is 2.30 bits per heavy atom. The smallest absolute Gasteiger partial charge is 0.243 e. The first-order valence-corrected chi connectivity index (χ1v) is 18.5. The van der Waals surface area contributed by atoms with E-state index in [4.69, 9.17) is 14.7 Å². The Kier molecular flexibility index (Phi) is 13.2. The molecule has 5 N–H and O–H groups in total. The third-order valence-corrected chi connectivity index (χ3v) is 9.96. The summed E-state index contributed by atoms with van der Waals surface area (Å²) in [6.07, 6.45) is 2.14. The Morgan fingerprint density at radius 2 is 1.57 bits per heavy atom. The lowest BCUT2D eigenvalue weighted by molar-refractivity contribution is -0.245. The summed E-state index contributed by atoms with van der Waals surface area (Å²) in [5, 5.41) is 43.6. The average molecular weight is 739 g/mol. The number of ether oxygens (including phenoxy) is 2. The van der Waals surface area contributed by atoms with E-state index in [1.54, 1.807) is 34.4 Å². The number of carbonyl (C=O) groups is 2. The second kappa shape index (κ2) is 18.6. The molecule has 0 unspecified atom stereocenters. The lowest BCUT2D eigenvalue weighted by atomic mass is 9.99. The van der Waals surface area contributed by atoms with Gasteiger partial charge in [0.25, 0.3) is 0 Å². The summed E-state index contributed by atoms with van der Waals surface area (Å²) in [7, 11) is 0. The second-order valence-electron chi connectivity index (χ2n) is 12.7. The standard InChI is InChI=1S/C39H42N6O7S/c46-24-26-9-11-29(12-10-26)35-22-34(25-53-39-41-43-44-45(39)32-17-19-33(47)20-18-32)51-38(52-35)30-15-13-28(14-16-30)31-6-4-5-27(21-31)23-40-36(48)7-2-1-3-8-37(49)42-50/h4-6,9-21,34-35,38,46-47,50H,1-3,7-8,22-25H2,(H,40,48)(H,42,49)/t34-,35+,38+/m1/s1. The van der Waals surface area contributed by atoms with Gasteiger partial charge in [-0.1, -0.05) is 84.9 Å². The molecule has 0 bridgehead atoms. The average Bonchev–Trinajstić information content (AvgIpc) is 3.68. The molecule has 0 aliphatic carbocycles. The molecule has 0 radical (unpaired) electrons. The van der Waals surface area contributed by atoms with Crippen molar-refractivity contribution in [1.29, 1.82) is 0 Å². The predicted octanol–water partition coefficient (Wildman–Crippen LogP) is 5.94. The SMILES string of the molecule is O=C(CCCCCC(=O)NCc1cccc(-c2ccc([C@H]3O[C@@H](CSc4nnnn4-c4ccc(O)cc4)C[C@@H](c4ccc(CO)cc4)O3)cc2)c1)NO. The number of benzene rings is 4. The summed E-state index contributed by atoms with van der Waals surface area (Å²) in [5.41, 5.74) is 8.03. The quantitative estimate of drug-likeness (QED) is 0.0350. The highest BCUT2D eigenvalue weighted by Gasteiger charge is 2.32. The maximum Gasteiger partial charge on any atom is 0.243 e. The minimum Gasteiger partial charge on any atom is -0.508 e. The van der Waals surface area contributed by atoms with Crippen molar-refractivity contribution in [3.8, 4) is 22.6 Å². The molecule has 3 atom stereocenters. The Morgan fingerprint density at radius 1 is 0.830 bits per heavy atom. The molecule has 1 saturated heterocycles. The van der Waals surface area contributed by atoms with E-state index < -0.39 is 12.2 Å². The number of hydroxylamine groups is 1. The van der Waals surface area contributed by atoms with E-state index in [-0.39, 0.29) is 36.9 Å². The van der Waals surface area contributed by atoms with Crippen molar-refractivity contribution < 1.29 is 34.5 Å². The Labute approximate surface area is 311 Å². The summed E-state index contributed by atoms with van der Waals surface area (Å²) in [6, 6.07) is 30.5. The fourth-order valence-corrected chi connectivity index (χ4v) is 6.91. The summed E-state index contributed by atoms with van der Waals surface area (Å²) in [6.45, 7) is 0.371. The van der Waals surface area contributed by atoms with Crippen molar-refractivity contribution >= 4 is 23.6 Å². The molecule has 1 aliphatic heterocycles. The topological polar surface area (TPSA) is 181 Å². The van der Waals surface area contributed by atoms with Gasteiger partial charge in [0.2, 0.25) is 17.0 Å². The van der Waals surface area contributed by atoms with Crippen molar-refractivity contribution in [2.45, 2.75) is 75.3 Å². The van der Waals surface area contributed by atoms with Crippen molar-refractivity contribution in [3.63, 3.8) is 0 Å². The van der Waals surface area contributed by atoms with Crippen molar-refractivity contribution in [2.75, 3.05) is 5.75 Å².